The highest BCUT2D eigenvalue weighted by atomic mass is 32.1. The Hall–Kier alpha value is -1.00. The quantitative estimate of drug-likeness (QED) is 0.285. The van der Waals surface area contributed by atoms with Crippen molar-refractivity contribution < 1.29 is 14.3 Å². The summed E-state index contributed by atoms with van der Waals surface area (Å²) in [6, 6.07) is 6.99. The van der Waals surface area contributed by atoms with E-state index >= 15 is 0 Å². The van der Waals surface area contributed by atoms with Crippen molar-refractivity contribution in [2.45, 2.75) is 90.1 Å². The maximum atomic E-state index is 12.9. The number of methoxy groups -OCH3 is 1. The predicted octanol–water partition coefficient (Wildman–Crippen LogP) is 6.61. The summed E-state index contributed by atoms with van der Waals surface area (Å²) in [5.74, 6) is 1.59. The van der Waals surface area contributed by atoms with Crippen molar-refractivity contribution in [1.82, 2.24) is 0 Å². The lowest BCUT2D eigenvalue weighted by molar-refractivity contribution is -0.163. The molecule has 2 aliphatic rings. The summed E-state index contributed by atoms with van der Waals surface area (Å²) in [6.07, 6.45) is 7.35. The molecule has 4 heteroatoms. The molecule has 1 aromatic carbocycles. The molecule has 2 aliphatic carbocycles. The van der Waals surface area contributed by atoms with E-state index in [4.69, 9.17) is 9.47 Å². The SMILES string of the molecule is COC(=O)[C@]1(C)CCC[C@]2(C)c3ccc(C(C)C)cc3C(OCCCCCS)C[C@@H]12. The summed E-state index contributed by atoms with van der Waals surface area (Å²) in [4.78, 5) is 12.9. The predicted molar refractivity (Wildman–Crippen MR) is 126 cm³/mol. The van der Waals surface area contributed by atoms with E-state index in [1.807, 2.05) is 0 Å². The number of carbonyl (C=O) groups is 1. The summed E-state index contributed by atoms with van der Waals surface area (Å²) >= 11 is 4.32. The second kappa shape index (κ2) is 9.65. The van der Waals surface area contributed by atoms with Crippen molar-refractivity contribution in [3.63, 3.8) is 0 Å². The van der Waals surface area contributed by atoms with Crippen molar-refractivity contribution in [3.8, 4) is 0 Å². The first kappa shape index (κ1) is 23.7. The highest BCUT2D eigenvalue weighted by Crippen LogP contribution is 2.60. The molecule has 1 saturated carbocycles. The lowest BCUT2D eigenvalue weighted by Gasteiger charge is -2.55. The van der Waals surface area contributed by atoms with Crippen LogP contribution < -0.4 is 0 Å². The lowest BCUT2D eigenvalue weighted by atomic mass is 9.49. The van der Waals surface area contributed by atoms with Gasteiger partial charge < -0.3 is 9.47 Å². The molecule has 0 aromatic heterocycles. The van der Waals surface area contributed by atoms with Gasteiger partial charge in [0.25, 0.3) is 0 Å². The van der Waals surface area contributed by atoms with E-state index in [9.17, 15) is 4.79 Å². The Morgan fingerprint density at radius 1 is 1.20 bits per heavy atom. The normalized spacial score (nSPS) is 30.6. The fourth-order valence-corrected chi connectivity index (χ4v) is 6.26. The molecule has 30 heavy (non-hydrogen) atoms. The highest BCUT2D eigenvalue weighted by Gasteiger charge is 2.57. The van der Waals surface area contributed by atoms with Crippen molar-refractivity contribution in [3.05, 3.63) is 34.9 Å². The molecule has 0 amide bonds. The molecule has 0 aliphatic heterocycles. The summed E-state index contributed by atoms with van der Waals surface area (Å²) < 4.78 is 11.8. The zero-order valence-electron chi connectivity index (χ0n) is 19.5. The molecule has 3 rings (SSSR count). The van der Waals surface area contributed by atoms with Crippen LogP contribution in [0.1, 0.15) is 101 Å². The van der Waals surface area contributed by atoms with Crippen LogP contribution in [-0.4, -0.2) is 25.4 Å². The molecular formula is C26H40O3S. The Kier molecular flexibility index (Phi) is 7.61. The van der Waals surface area contributed by atoms with Gasteiger partial charge in [-0.1, -0.05) is 51.8 Å². The number of carbonyl (C=O) groups excluding carboxylic acids is 1. The molecule has 1 unspecified atom stereocenters. The van der Waals surface area contributed by atoms with Gasteiger partial charge in [-0.15, -0.1) is 0 Å². The first-order valence-corrected chi connectivity index (χ1v) is 12.4. The van der Waals surface area contributed by atoms with Crippen LogP contribution in [0.5, 0.6) is 0 Å². The average Bonchev–Trinajstić information content (AvgIpc) is 2.73. The van der Waals surface area contributed by atoms with E-state index in [0.29, 0.717) is 5.92 Å². The molecule has 1 aromatic rings. The van der Waals surface area contributed by atoms with Gasteiger partial charge in [-0.3, -0.25) is 4.79 Å². The van der Waals surface area contributed by atoms with Crippen LogP contribution in [0.3, 0.4) is 0 Å². The third kappa shape index (κ3) is 4.32. The second-order valence-corrected chi connectivity index (χ2v) is 10.6. The molecule has 4 atom stereocenters. The number of thiol groups is 1. The number of unbranched alkanes of at least 4 members (excludes halogenated alkanes) is 2. The lowest BCUT2D eigenvalue weighted by Crippen LogP contribution is -2.53. The minimum atomic E-state index is -0.455. The monoisotopic (exact) mass is 432 g/mol. The summed E-state index contributed by atoms with van der Waals surface area (Å²) in [5.41, 5.74) is 3.63. The van der Waals surface area contributed by atoms with E-state index < -0.39 is 5.41 Å². The smallest absolute Gasteiger partial charge is 0.311 e. The fraction of sp³-hybridized carbons (Fsp3) is 0.731. The van der Waals surface area contributed by atoms with Crippen LogP contribution in [0.4, 0.5) is 0 Å². The van der Waals surface area contributed by atoms with Crippen LogP contribution in [0.25, 0.3) is 0 Å². The van der Waals surface area contributed by atoms with Gasteiger partial charge in [-0.05, 0) is 78.7 Å². The largest absolute Gasteiger partial charge is 0.469 e. The van der Waals surface area contributed by atoms with Gasteiger partial charge in [0.15, 0.2) is 0 Å². The van der Waals surface area contributed by atoms with Gasteiger partial charge in [0.1, 0.15) is 0 Å². The van der Waals surface area contributed by atoms with E-state index in [-0.39, 0.29) is 23.4 Å². The van der Waals surface area contributed by atoms with Gasteiger partial charge in [0, 0.05) is 6.61 Å². The summed E-state index contributed by atoms with van der Waals surface area (Å²) in [5, 5.41) is 0. The van der Waals surface area contributed by atoms with E-state index in [2.05, 4.69) is 58.5 Å². The molecular weight excluding hydrogens is 392 g/mol. The van der Waals surface area contributed by atoms with Crippen LogP contribution in [0.15, 0.2) is 18.2 Å². The molecule has 0 N–H and O–H groups in total. The van der Waals surface area contributed by atoms with E-state index in [1.54, 1.807) is 0 Å². The second-order valence-electron chi connectivity index (χ2n) is 10.1. The van der Waals surface area contributed by atoms with Crippen LogP contribution >= 0.6 is 12.6 Å². The Balaban J connectivity index is 1.98. The third-order valence-corrected chi connectivity index (χ3v) is 8.17. The van der Waals surface area contributed by atoms with Crippen LogP contribution in [0, 0.1) is 11.3 Å². The highest BCUT2D eigenvalue weighted by molar-refractivity contribution is 7.80. The standard InChI is InChI=1S/C26H40O3S/c1-18(2)19-10-11-21-20(16-19)22(29-14-7-6-8-15-30)17-23-25(21,3)12-9-13-26(23,4)24(27)28-5/h10-11,16,18,22-23,30H,6-9,12-15,17H2,1-5H3/t22?,23-,25-,26-/m1/s1. The third-order valence-electron chi connectivity index (χ3n) is 7.86. The number of fused-ring (bicyclic) bond motifs is 3. The number of ether oxygens (including phenoxy) is 2. The first-order chi connectivity index (χ1) is 14.3. The maximum absolute atomic E-state index is 12.9. The minimum absolute atomic E-state index is 0.0160. The van der Waals surface area contributed by atoms with Crippen molar-refractivity contribution in [1.29, 1.82) is 0 Å². The first-order valence-electron chi connectivity index (χ1n) is 11.7. The Morgan fingerprint density at radius 2 is 1.97 bits per heavy atom. The van der Waals surface area contributed by atoms with Crippen LogP contribution in [-0.2, 0) is 19.7 Å². The number of hydrogen-bond acceptors (Lipinski definition) is 4. The number of esters is 1. The van der Waals surface area contributed by atoms with Gasteiger partial charge in [-0.25, -0.2) is 0 Å². The molecule has 1 fully saturated rings. The fourth-order valence-electron chi connectivity index (χ4n) is 6.04. The molecule has 0 heterocycles. The molecule has 0 spiro atoms. The van der Waals surface area contributed by atoms with Gasteiger partial charge in [0.05, 0.1) is 18.6 Å². The zero-order valence-corrected chi connectivity index (χ0v) is 20.4. The van der Waals surface area contributed by atoms with Crippen LogP contribution in [0.2, 0.25) is 0 Å². The van der Waals surface area contributed by atoms with E-state index in [0.717, 1.165) is 57.3 Å². The minimum Gasteiger partial charge on any atom is -0.469 e. The molecule has 168 valence electrons. The molecule has 0 bridgehead atoms. The zero-order chi connectivity index (χ0) is 21.9. The molecule has 3 nitrogen and oxygen atoms in total. The maximum Gasteiger partial charge on any atom is 0.311 e. The van der Waals surface area contributed by atoms with Gasteiger partial charge in [-0.2, -0.15) is 12.6 Å². The number of benzene rings is 1. The van der Waals surface area contributed by atoms with Crippen molar-refractivity contribution in [2.24, 2.45) is 11.3 Å². The van der Waals surface area contributed by atoms with Gasteiger partial charge >= 0.3 is 5.97 Å². The Labute approximate surface area is 188 Å². The Morgan fingerprint density at radius 3 is 2.63 bits per heavy atom. The molecule has 0 saturated heterocycles. The summed E-state index contributed by atoms with van der Waals surface area (Å²) in [6.45, 7) is 9.75. The number of rotatable bonds is 8. The van der Waals surface area contributed by atoms with Crippen molar-refractivity contribution in [2.75, 3.05) is 19.5 Å². The van der Waals surface area contributed by atoms with Gasteiger partial charge in [0.2, 0.25) is 0 Å². The number of hydrogen-bond donors (Lipinski definition) is 1. The average molecular weight is 433 g/mol. The molecule has 0 radical (unpaired) electrons. The topological polar surface area (TPSA) is 35.5 Å². The Bertz CT molecular complexity index is 746. The van der Waals surface area contributed by atoms with E-state index in [1.165, 1.54) is 23.8 Å². The summed E-state index contributed by atoms with van der Waals surface area (Å²) in [7, 11) is 1.53. The van der Waals surface area contributed by atoms with Crippen molar-refractivity contribution >= 4 is 18.6 Å².